The molecule has 0 saturated carbocycles. The van der Waals surface area contributed by atoms with Crippen LogP contribution in [0.25, 0.3) is 10.9 Å². The summed E-state index contributed by atoms with van der Waals surface area (Å²) < 4.78 is 5.86. The Labute approximate surface area is 138 Å². The van der Waals surface area contributed by atoms with Crippen LogP contribution in [0.4, 0.5) is 0 Å². The van der Waals surface area contributed by atoms with E-state index in [1.165, 1.54) is 24.8 Å². The highest BCUT2D eigenvalue weighted by Crippen LogP contribution is 2.17. The molecule has 0 unspecified atom stereocenters. The van der Waals surface area contributed by atoms with Gasteiger partial charge in [-0.15, -0.1) is 0 Å². The molecule has 2 heteroatoms. The predicted octanol–water partition coefficient (Wildman–Crippen LogP) is 5.55. The van der Waals surface area contributed by atoms with Crippen molar-refractivity contribution >= 4 is 10.9 Å². The highest BCUT2D eigenvalue weighted by Gasteiger charge is 2.00. The van der Waals surface area contributed by atoms with E-state index in [4.69, 9.17) is 4.74 Å². The quantitative estimate of drug-likeness (QED) is 0.534. The number of ether oxygens (including phenoxy) is 1. The fraction of sp³-hybridized carbons (Fsp3) is 0.286. The van der Waals surface area contributed by atoms with E-state index in [1.807, 2.05) is 24.3 Å². The fourth-order valence-corrected chi connectivity index (χ4v) is 2.68. The zero-order valence-corrected chi connectivity index (χ0v) is 13.7. The number of hydrogen-bond donors (Lipinski definition) is 0. The molecule has 1 aromatic heterocycles. The fourth-order valence-electron chi connectivity index (χ4n) is 2.68. The Morgan fingerprint density at radius 1 is 0.870 bits per heavy atom. The molecule has 0 N–H and O–H groups in total. The SMILES string of the molecule is CCCCCc1ccc(OCc2ccc3ccccc3n2)cc1. The Morgan fingerprint density at radius 2 is 1.70 bits per heavy atom. The van der Waals surface area contributed by atoms with Gasteiger partial charge in [0.25, 0.3) is 0 Å². The molecule has 0 amide bonds. The van der Waals surface area contributed by atoms with Crippen LogP contribution in [-0.4, -0.2) is 4.98 Å². The van der Waals surface area contributed by atoms with Gasteiger partial charge < -0.3 is 4.74 Å². The average molecular weight is 305 g/mol. The Bertz CT molecular complexity index is 749. The van der Waals surface area contributed by atoms with Gasteiger partial charge in [0.1, 0.15) is 12.4 Å². The van der Waals surface area contributed by atoms with Crippen molar-refractivity contribution < 1.29 is 4.74 Å². The van der Waals surface area contributed by atoms with E-state index >= 15 is 0 Å². The van der Waals surface area contributed by atoms with Gasteiger partial charge in [-0.2, -0.15) is 0 Å². The largest absolute Gasteiger partial charge is 0.487 e. The zero-order chi connectivity index (χ0) is 15.9. The van der Waals surface area contributed by atoms with Crippen LogP contribution in [0.3, 0.4) is 0 Å². The lowest BCUT2D eigenvalue weighted by molar-refractivity contribution is 0.301. The summed E-state index contributed by atoms with van der Waals surface area (Å²) in [5.41, 5.74) is 3.35. The van der Waals surface area contributed by atoms with E-state index in [1.54, 1.807) is 0 Å². The predicted molar refractivity (Wildman–Crippen MR) is 95.7 cm³/mol. The number of fused-ring (bicyclic) bond motifs is 1. The summed E-state index contributed by atoms with van der Waals surface area (Å²) in [6.07, 6.45) is 4.98. The molecular formula is C21H23NO. The van der Waals surface area contributed by atoms with Gasteiger partial charge in [-0.25, -0.2) is 4.98 Å². The number of pyridine rings is 1. The first-order valence-corrected chi connectivity index (χ1v) is 8.41. The summed E-state index contributed by atoms with van der Waals surface area (Å²) in [4.78, 5) is 4.63. The highest BCUT2D eigenvalue weighted by atomic mass is 16.5. The van der Waals surface area contributed by atoms with E-state index in [9.17, 15) is 0 Å². The van der Waals surface area contributed by atoms with Gasteiger partial charge >= 0.3 is 0 Å². The maximum atomic E-state index is 5.86. The van der Waals surface area contributed by atoms with Crippen LogP contribution in [0.1, 0.15) is 37.4 Å². The van der Waals surface area contributed by atoms with Gasteiger partial charge in [-0.1, -0.05) is 56.2 Å². The van der Waals surface area contributed by atoms with E-state index in [-0.39, 0.29) is 0 Å². The molecule has 3 rings (SSSR count). The monoisotopic (exact) mass is 305 g/mol. The zero-order valence-electron chi connectivity index (χ0n) is 13.7. The molecule has 0 spiro atoms. The van der Waals surface area contributed by atoms with Crippen molar-refractivity contribution in [2.24, 2.45) is 0 Å². The van der Waals surface area contributed by atoms with Crippen LogP contribution in [-0.2, 0) is 13.0 Å². The summed E-state index contributed by atoms with van der Waals surface area (Å²) in [6.45, 7) is 2.73. The number of para-hydroxylation sites is 1. The van der Waals surface area contributed by atoms with Gasteiger partial charge in [-0.05, 0) is 42.7 Å². The van der Waals surface area contributed by atoms with Gasteiger partial charge in [0.15, 0.2) is 0 Å². The van der Waals surface area contributed by atoms with E-state index in [0.29, 0.717) is 6.61 Å². The summed E-state index contributed by atoms with van der Waals surface area (Å²) in [5.74, 6) is 0.902. The maximum Gasteiger partial charge on any atom is 0.130 e. The number of aromatic nitrogens is 1. The molecule has 0 atom stereocenters. The molecule has 0 aliphatic rings. The summed E-state index contributed by atoms with van der Waals surface area (Å²) in [7, 11) is 0. The van der Waals surface area contributed by atoms with Crippen molar-refractivity contribution in [3.8, 4) is 5.75 Å². The molecule has 2 nitrogen and oxygen atoms in total. The molecule has 0 saturated heterocycles. The number of aryl methyl sites for hydroxylation is 1. The topological polar surface area (TPSA) is 22.1 Å². The first-order chi connectivity index (χ1) is 11.3. The molecule has 2 aromatic carbocycles. The smallest absolute Gasteiger partial charge is 0.130 e. The Hall–Kier alpha value is -2.35. The maximum absolute atomic E-state index is 5.86. The minimum absolute atomic E-state index is 0.500. The number of benzene rings is 2. The third kappa shape index (κ3) is 4.32. The number of rotatable bonds is 7. The van der Waals surface area contributed by atoms with E-state index in [0.717, 1.165) is 28.8 Å². The summed E-state index contributed by atoms with van der Waals surface area (Å²) >= 11 is 0. The van der Waals surface area contributed by atoms with Crippen molar-refractivity contribution in [2.45, 2.75) is 39.2 Å². The molecule has 0 bridgehead atoms. The molecule has 1 heterocycles. The number of hydrogen-bond acceptors (Lipinski definition) is 2. The highest BCUT2D eigenvalue weighted by molar-refractivity contribution is 5.78. The first kappa shape index (κ1) is 15.5. The third-order valence-electron chi connectivity index (χ3n) is 4.04. The minimum atomic E-state index is 0.500. The Morgan fingerprint density at radius 3 is 2.52 bits per heavy atom. The van der Waals surface area contributed by atoms with Crippen molar-refractivity contribution in [2.75, 3.05) is 0 Å². The van der Waals surface area contributed by atoms with Crippen LogP contribution in [0.2, 0.25) is 0 Å². The second kappa shape index (κ2) is 7.77. The van der Waals surface area contributed by atoms with Crippen LogP contribution >= 0.6 is 0 Å². The normalized spacial score (nSPS) is 10.8. The molecule has 118 valence electrons. The Balaban J connectivity index is 1.58. The van der Waals surface area contributed by atoms with Crippen molar-refractivity contribution in [3.05, 3.63) is 71.9 Å². The number of unbranched alkanes of at least 4 members (excludes halogenated alkanes) is 2. The van der Waals surface area contributed by atoms with Gasteiger partial charge in [0.2, 0.25) is 0 Å². The molecular weight excluding hydrogens is 282 g/mol. The Kier molecular flexibility index (Phi) is 5.25. The van der Waals surface area contributed by atoms with Gasteiger partial charge in [0, 0.05) is 5.39 Å². The molecule has 3 aromatic rings. The first-order valence-electron chi connectivity index (χ1n) is 8.41. The van der Waals surface area contributed by atoms with E-state index < -0.39 is 0 Å². The van der Waals surface area contributed by atoms with Crippen LogP contribution in [0.15, 0.2) is 60.7 Å². The van der Waals surface area contributed by atoms with E-state index in [2.05, 4.69) is 48.3 Å². The van der Waals surface area contributed by atoms with Crippen molar-refractivity contribution in [3.63, 3.8) is 0 Å². The van der Waals surface area contributed by atoms with Crippen LogP contribution in [0, 0.1) is 0 Å². The van der Waals surface area contributed by atoms with Crippen molar-refractivity contribution in [1.82, 2.24) is 4.98 Å². The van der Waals surface area contributed by atoms with Crippen molar-refractivity contribution in [1.29, 1.82) is 0 Å². The van der Waals surface area contributed by atoms with Gasteiger partial charge in [-0.3, -0.25) is 0 Å². The molecule has 0 radical (unpaired) electrons. The van der Waals surface area contributed by atoms with Gasteiger partial charge in [0.05, 0.1) is 11.2 Å². The average Bonchev–Trinajstić information content (AvgIpc) is 2.61. The molecule has 0 aliphatic heterocycles. The second-order valence-corrected chi connectivity index (χ2v) is 5.89. The molecule has 23 heavy (non-hydrogen) atoms. The number of nitrogens with zero attached hydrogens (tertiary/aromatic N) is 1. The lowest BCUT2D eigenvalue weighted by atomic mass is 10.1. The third-order valence-corrected chi connectivity index (χ3v) is 4.04. The minimum Gasteiger partial charge on any atom is -0.487 e. The molecule has 0 aliphatic carbocycles. The van der Waals surface area contributed by atoms with Crippen LogP contribution < -0.4 is 4.74 Å². The summed E-state index contributed by atoms with van der Waals surface area (Å²) in [6, 6.07) is 20.7. The molecule has 0 fully saturated rings. The van der Waals surface area contributed by atoms with Crippen LogP contribution in [0.5, 0.6) is 5.75 Å². The summed E-state index contributed by atoms with van der Waals surface area (Å²) in [5, 5.41) is 1.16. The standard InChI is InChI=1S/C21H23NO/c1-2-3-4-7-17-10-14-20(15-11-17)23-16-19-13-12-18-8-5-6-9-21(18)22-19/h5-6,8-15H,2-4,7,16H2,1H3. The lowest BCUT2D eigenvalue weighted by Crippen LogP contribution is -1.98. The second-order valence-electron chi connectivity index (χ2n) is 5.89. The lowest BCUT2D eigenvalue weighted by Gasteiger charge is -2.08.